The van der Waals surface area contributed by atoms with Crippen LogP contribution in [0, 0.1) is 14.3 Å². The maximum atomic E-state index is 13.3. The van der Waals surface area contributed by atoms with E-state index in [0.717, 1.165) is 11.1 Å². The second-order valence-corrected chi connectivity index (χ2v) is 13.3. The van der Waals surface area contributed by atoms with E-state index in [1.807, 2.05) is 45.2 Å². The Balaban J connectivity index is 2.05. The monoisotopic (exact) mass is 970 g/mol. The second-order valence-electron chi connectivity index (χ2n) is 7.35. The minimum atomic E-state index is -1.49. The highest BCUT2D eigenvalue weighted by Crippen LogP contribution is 2.60. The minimum Gasteiger partial charge on any atom is -0.506 e. The van der Waals surface area contributed by atoms with Gasteiger partial charge in [0.2, 0.25) is 0 Å². The average Bonchev–Trinajstić information content (AvgIpc) is 3.08. The number of carbonyl (C=O) groups is 1. The van der Waals surface area contributed by atoms with Crippen molar-refractivity contribution in [1.82, 2.24) is 0 Å². The molecule has 0 radical (unpaired) electrons. The van der Waals surface area contributed by atoms with E-state index in [4.69, 9.17) is 51.1 Å². The predicted octanol–water partition coefficient (Wildman–Crippen LogP) is 8.50. The first-order chi connectivity index (χ1) is 15.4. The number of halogens is 8. The summed E-state index contributed by atoms with van der Waals surface area (Å²) in [6.45, 7) is 0. The molecule has 0 amide bonds. The molecule has 0 unspecified atom stereocenters. The number of aromatic hydroxyl groups is 2. The number of hydrogen-bond acceptors (Lipinski definition) is 4. The van der Waals surface area contributed by atoms with E-state index in [9.17, 15) is 15.0 Å². The molecule has 5 rings (SSSR count). The van der Waals surface area contributed by atoms with Gasteiger partial charge in [0.05, 0.1) is 39.9 Å². The number of fused-ring (bicyclic) bond motifs is 6. The molecular formula is C21H6Cl4I4O4. The standard InChI is InChI=1S/C21H6Cl4I4O4/c22-12-10-11(13(23)15(25)14(12)24)21(33-20(10)32)6-2-8(26)18(30)16(28)4(6)1-5-7(21)3-9(27)19(31)17(5)29/h2-3,30-31H,1H2. The Morgan fingerprint density at radius 2 is 1.24 bits per heavy atom. The van der Waals surface area contributed by atoms with Crippen LogP contribution in [-0.2, 0) is 16.8 Å². The van der Waals surface area contributed by atoms with Gasteiger partial charge in [-0.15, -0.1) is 0 Å². The third-order valence-electron chi connectivity index (χ3n) is 5.77. The van der Waals surface area contributed by atoms with Gasteiger partial charge in [0.15, 0.2) is 5.60 Å². The van der Waals surface area contributed by atoms with Gasteiger partial charge in [-0.25, -0.2) is 4.79 Å². The quantitative estimate of drug-likeness (QED) is 0.103. The number of hydrogen-bond donors (Lipinski definition) is 2. The van der Waals surface area contributed by atoms with E-state index in [0.29, 0.717) is 37.4 Å². The predicted molar refractivity (Wildman–Crippen MR) is 162 cm³/mol. The lowest BCUT2D eigenvalue weighted by molar-refractivity contribution is 0.0240. The van der Waals surface area contributed by atoms with E-state index in [-0.39, 0.29) is 37.2 Å². The number of carbonyl (C=O) groups excluding carboxylic acids is 1. The fourth-order valence-electron chi connectivity index (χ4n) is 4.37. The van der Waals surface area contributed by atoms with Crippen molar-refractivity contribution >= 4 is 143 Å². The van der Waals surface area contributed by atoms with Crippen LogP contribution in [0.4, 0.5) is 0 Å². The SMILES string of the molecule is O=C1OC2(c3cc(I)c(O)c(I)c3Cc3c2cc(I)c(O)c3I)c2c(Cl)c(Cl)c(Cl)c(Cl)c21. The maximum absolute atomic E-state index is 13.3. The summed E-state index contributed by atoms with van der Waals surface area (Å²) in [4.78, 5) is 13.3. The lowest BCUT2D eigenvalue weighted by atomic mass is 9.71. The van der Waals surface area contributed by atoms with Gasteiger partial charge in [-0.05, 0) is 114 Å². The number of rotatable bonds is 0. The first kappa shape index (κ1) is 25.5. The molecule has 1 aliphatic carbocycles. The van der Waals surface area contributed by atoms with Crippen molar-refractivity contribution in [2.24, 2.45) is 0 Å². The Morgan fingerprint density at radius 1 is 0.788 bits per heavy atom. The van der Waals surface area contributed by atoms with Crippen LogP contribution in [0.3, 0.4) is 0 Å². The van der Waals surface area contributed by atoms with Crippen molar-refractivity contribution in [3.63, 3.8) is 0 Å². The molecular weight excluding hydrogens is 966 g/mol. The van der Waals surface area contributed by atoms with Crippen LogP contribution in [0.15, 0.2) is 12.1 Å². The normalized spacial score (nSPS) is 15.3. The molecule has 1 heterocycles. The lowest BCUT2D eigenvalue weighted by Crippen LogP contribution is -2.36. The third-order valence-corrected chi connectivity index (χ3v) is 11.5. The smallest absolute Gasteiger partial charge is 0.341 e. The highest BCUT2D eigenvalue weighted by molar-refractivity contribution is 14.1. The van der Waals surface area contributed by atoms with Crippen LogP contribution in [0.5, 0.6) is 11.5 Å². The van der Waals surface area contributed by atoms with Crippen molar-refractivity contribution in [2.75, 3.05) is 0 Å². The first-order valence-corrected chi connectivity index (χ1v) is 14.8. The van der Waals surface area contributed by atoms with Crippen LogP contribution in [-0.4, -0.2) is 16.2 Å². The molecule has 1 aliphatic heterocycles. The van der Waals surface area contributed by atoms with Gasteiger partial charge in [-0.1, -0.05) is 46.4 Å². The maximum Gasteiger partial charge on any atom is 0.341 e. The molecule has 0 atom stereocenters. The first-order valence-electron chi connectivity index (χ1n) is 8.93. The summed E-state index contributed by atoms with van der Waals surface area (Å²) in [6.07, 6.45) is 0.400. The zero-order valence-corrected chi connectivity index (χ0v) is 27.3. The summed E-state index contributed by atoms with van der Waals surface area (Å²) in [7, 11) is 0. The van der Waals surface area contributed by atoms with Gasteiger partial charge >= 0.3 is 5.97 Å². The fourth-order valence-corrected chi connectivity index (χ4v) is 9.17. The van der Waals surface area contributed by atoms with E-state index in [1.165, 1.54) is 0 Å². The van der Waals surface area contributed by atoms with Gasteiger partial charge in [-0.3, -0.25) is 0 Å². The summed E-state index contributed by atoms with van der Waals surface area (Å²) in [5, 5.41) is 21.4. The summed E-state index contributed by atoms with van der Waals surface area (Å²) >= 11 is 34.2. The van der Waals surface area contributed by atoms with Gasteiger partial charge in [0.1, 0.15) is 11.5 Å². The molecule has 2 aliphatic rings. The number of benzene rings is 3. The van der Waals surface area contributed by atoms with Gasteiger partial charge in [-0.2, -0.15) is 0 Å². The summed E-state index contributed by atoms with van der Waals surface area (Å²) in [5.41, 5.74) is 1.63. The van der Waals surface area contributed by atoms with Crippen LogP contribution in [0.2, 0.25) is 20.1 Å². The summed E-state index contributed by atoms with van der Waals surface area (Å²) < 4.78 is 8.56. The van der Waals surface area contributed by atoms with Crippen LogP contribution < -0.4 is 0 Å². The van der Waals surface area contributed by atoms with Gasteiger partial charge in [0, 0.05) is 23.1 Å². The van der Waals surface area contributed by atoms with Crippen LogP contribution >= 0.6 is 137 Å². The zero-order chi connectivity index (χ0) is 24.1. The molecule has 0 bridgehead atoms. The molecule has 0 fully saturated rings. The molecule has 2 N–H and O–H groups in total. The number of ether oxygens (including phenoxy) is 1. The zero-order valence-electron chi connectivity index (χ0n) is 15.6. The number of esters is 1. The molecule has 170 valence electrons. The van der Waals surface area contributed by atoms with Crippen LogP contribution in [0.1, 0.15) is 38.2 Å². The van der Waals surface area contributed by atoms with Crippen molar-refractivity contribution < 1.29 is 19.7 Å². The summed E-state index contributed by atoms with van der Waals surface area (Å²) in [5.74, 6) is -0.437. The minimum absolute atomic E-state index is 0.0137. The molecule has 1 spiro atoms. The molecule has 0 saturated heterocycles. The highest BCUT2D eigenvalue weighted by atomic mass is 127. The van der Waals surface area contributed by atoms with Gasteiger partial charge < -0.3 is 14.9 Å². The molecule has 12 heteroatoms. The van der Waals surface area contributed by atoms with E-state index >= 15 is 0 Å². The fraction of sp³-hybridized carbons (Fsp3) is 0.0952. The molecule has 0 aromatic heterocycles. The lowest BCUT2D eigenvalue weighted by Gasteiger charge is -2.39. The molecule has 4 nitrogen and oxygen atoms in total. The number of phenolic OH excluding ortho intramolecular Hbond substituents is 2. The van der Waals surface area contributed by atoms with E-state index in [1.54, 1.807) is 12.1 Å². The topological polar surface area (TPSA) is 66.8 Å². The number of phenols is 2. The molecule has 3 aromatic rings. The Bertz CT molecular complexity index is 1390. The summed E-state index contributed by atoms with van der Waals surface area (Å²) in [6, 6.07) is 3.55. The van der Waals surface area contributed by atoms with E-state index < -0.39 is 11.6 Å². The average molecular weight is 972 g/mol. The van der Waals surface area contributed by atoms with Crippen molar-refractivity contribution in [1.29, 1.82) is 0 Å². The van der Waals surface area contributed by atoms with Crippen LogP contribution in [0.25, 0.3) is 0 Å². The molecule has 33 heavy (non-hydrogen) atoms. The molecule has 0 saturated carbocycles. The van der Waals surface area contributed by atoms with Crippen molar-refractivity contribution in [3.8, 4) is 11.5 Å². The van der Waals surface area contributed by atoms with Gasteiger partial charge in [0.25, 0.3) is 0 Å². The second kappa shape index (κ2) is 8.69. The van der Waals surface area contributed by atoms with Crippen molar-refractivity contribution in [3.05, 3.63) is 79.9 Å². The Hall–Kier alpha value is 0.810. The molecule has 3 aromatic carbocycles. The van der Waals surface area contributed by atoms with Crippen molar-refractivity contribution in [2.45, 2.75) is 12.0 Å². The van der Waals surface area contributed by atoms with E-state index in [2.05, 4.69) is 45.2 Å². The third kappa shape index (κ3) is 3.39. The Kier molecular flexibility index (Phi) is 6.70. The highest BCUT2D eigenvalue weighted by Gasteiger charge is 2.56. The largest absolute Gasteiger partial charge is 0.506 e. The Labute approximate surface area is 262 Å². The Morgan fingerprint density at radius 3 is 1.73 bits per heavy atom.